The van der Waals surface area contributed by atoms with Crippen LogP contribution >= 0.6 is 23.2 Å². The third-order valence-corrected chi connectivity index (χ3v) is 3.97. The Labute approximate surface area is 136 Å². The summed E-state index contributed by atoms with van der Waals surface area (Å²) in [6.07, 6.45) is 0.805. The third kappa shape index (κ3) is 4.13. The standard InChI is InChI=1S/C17H19Cl2NO/c1-3-20-16(14-9-8-13(18)11-15(14)19)10-12-6-4-5-7-17(12)21-2/h4-9,11,16,20H,3,10H2,1-2H3. The van der Waals surface area contributed by atoms with E-state index in [9.17, 15) is 0 Å². The molecule has 1 atom stereocenters. The zero-order valence-electron chi connectivity index (χ0n) is 12.2. The molecule has 4 heteroatoms. The Kier molecular flexibility index (Phi) is 5.92. The van der Waals surface area contributed by atoms with Gasteiger partial charge in [0.05, 0.1) is 7.11 Å². The summed E-state index contributed by atoms with van der Waals surface area (Å²) in [7, 11) is 1.69. The molecule has 0 amide bonds. The zero-order valence-corrected chi connectivity index (χ0v) is 13.7. The van der Waals surface area contributed by atoms with Crippen molar-refractivity contribution in [2.75, 3.05) is 13.7 Å². The van der Waals surface area contributed by atoms with Crippen molar-refractivity contribution >= 4 is 23.2 Å². The highest BCUT2D eigenvalue weighted by Gasteiger charge is 2.16. The minimum Gasteiger partial charge on any atom is -0.496 e. The minimum atomic E-state index is 0.121. The van der Waals surface area contributed by atoms with Crippen LogP contribution in [0.5, 0.6) is 5.75 Å². The van der Waals surface area contributed by atoms with Gasteiger partial charge in [-0.15, -0.1) is 0 Å². The average molecular weight is 324 g/mol. The fourth-order valence-electron chi connectivity index (χ4n) is 2.41. The van der Waals surface area contributed by atoms with Crippen molar-refractivity contribution in [2.45, 2.75) is 19.4 Å². The van der Waals surface area contributed by atoms with E-state index in [2.05, 4.69) is 18.3 Å². The maximum Gasteiger partial charge on any atom is 0.122 e. The van der Waals surface area contributed by atoms with E-state index in [-0.39, 0.29) is 6.04 Å². The summed E-state index contributed by atoms with van der Waals surface area (Å²) >= 11 is 12.3. The first-order chi connectivity index (χ1) is 10.2. The van der Waals surface area contributed by atoms with Gasteiger partial charge in [-0.1, -0.05) is 54.4 Å². The van der Waals surface area contributed by atoms with Gasteiger partial charge in [-0.25, -0.2) is 0 Å². The molecule has 0 aliphatic carbocycles. The number of hydrogen-bond donors (Lipinski definition) is 1. The van der Waals surface area contributed by atoms with Crippen molar-refractivity contribution in [3.63, 3.8) is 0 Å². The molecule has 2 rings (SSSR count). The quantitative estimate of drug-likeness (QED) is 0.816. The molecule has 2 aromatic carbocycles. The molecule has 0 fully saturated rings. The number of halogens is 2. The van der Waals surface area contributed by atoms with Crippen LogP contribution in [0.15, 0.2) is 42.5 Å². The van der Waals surface area contributed by atoms with Crippen molar-refractivity contribution in [3.05, 3.63) is 63.6 Å². The second-order valence-corrected chi connectivity index (χ2v) is 5.64. The maximum absolute atomic E-state index is 6.34. The fraction of sp³-hybridized carbons (Fsp3) is 0.294. The molecule has 0 aliphatic rings. The summed E-state index contributed by atoms with van der Waals surface area (Å²) in [5.74, 6) is 0.894. The van der Waals surface area contributed by atoms with Crippen molar-refractivity contribution in [1.82, 2.24) is 5.32 Å². The third-order valence-electron chi connectivity index (χ3n) is 3.40. The van der Waals surface area contributed by atoms with E-state index >= 15 is 0 Å². The van der Waals surface area contributed by atoms with Crippen molar-refractivity contribution in [2.24, 2.45) is 0 Å². The van der Waals surface area contributed by atoms with Crippen molar-refractivity contribution < 1.29 is 4.74 Å². The molecule has 0 radical (unpaired) electrons. The number of para-hydroxylation sites is 1. The summed E-state index contributed by atoms with van der Waals surface area (Å²) in [5.41, 5.74) is 2.20. The van der Waals surface area contributed by atoms with Gasteiger partial charge in [-0.3, -0.25) is 0 Å². The minimum absolute atomic E-state index is 0.121. The second kappa shape index (κ2) is 7.69. The summed E-state index contributed by atoms with van der Waals surface area (Å²) in [6.45, 7) is 2.94. The van der Waals surface area contributed by atoms with Crippen LogP contribution in [0.2, 0.25) is 10.0 Å². The van der Waals surface area contributed by atoms with E-state index in [1.165, 1.54) is 0 Å². The van der Waals surface area contributed by atoms with Crippen molar-refractivity contribution in [1.29, 1.82) is 0 Å². The van der Waals surface area contributed by atoms with Crippen LogP contribution in [0.3, 0.4) is 0 Å². The molecule has 0 aliphatic heterocycles. The van der Waals surface area contributed by atoms with Crippen LogP contribution in [0, 0.1) is 0 Å². The van der Waals surface area contributed by atoms with E-state index in [1.807, 2.05) is 30.3 Å². The molecule has 0 spiro atoms. The first-order valence-corrected chi connectivity index (χ1v) is 7.71. The van der Waals surface area contributed by atoms with E-state index in [4.69, 9.17) is 27.9 Å². The Bertz CT molecular complexity index is 601. The Morgan fingerprint density at radius 1 is 1.14 bits per heavy atom. The van der Waals surface area contributed by atoms with Crippen LogP contribution in [-0.4, -0.2) is 13.7 Å². The van der Waals surface area contributed by atoms with Crippen LogP contribution in [0.1, 0.15) is 24.1 Å². The number of rotatable bonds is 6. The lowest BCUT2D eigenvalue weighted by atomic mass is 9.98. The maximum atomic E-state index is 6.34. The zero-order chi connectivity index (χ0) is 15.2. The lowest BCUT2D eigenvalue weighted by Gasteiger charge is -2.21. The number of ether oxygens (including phenoxy) is 1. The fourth-order valence-corrected chi connectivity index (χ4v) is 2.95. The molecule has 0 aromatic heterocycles. The van der Waals surface area contributed by atoms with Gasteiger partial charge in [0.1, 0.15) is 5.75 Å². The number of nitrogens with one attached hydrogen (secondary N) is 1. The Hall–Kier alpha value is -1.22. The van der Waals surface area contributed by atoms with Gasteiger partial charge >= 0.3 is 0 Å². The summed E-state index contributed by atoms with van der Waals surface area (Å²) in [4.78, 5) is 0. The number of likely N-dealkylation sites (N-methyl/N-ethyl adjacent to an activating group) is 1. The summed E-state index contributed by atoms with van der Waals surface area (Å²) in [6, 6.07) is 13.8. The molecule has 0 bridgehead atoms. The molecule has 112 valence electrons. The smallest absolute Gasteiger partial charge is 0.122 e. The molecular formula is C17H19Cl2NO. The Balaban J connectivity index is 2.30. The van der Waals surface area contributed by atoms with Gasteiger partial charge in [-0.2, -0.15) is 0 Å². The number of hydrogen-bond acceptors (Lipinski definition) is 2. The largest absolute Gasteiger partial charge is 0.496 e. The summed E-state index contributed by atoms with van der Waals surface area (Å²) < 4.78 is 5.43. The van der Waals surface area contributed by atoms with Crippen LogP contribution in [0.4, 0.5) is 0 Å². The van der Waals surface area contributed by atoms with E-state index in [0.29, 0.717) is 10.0 Å². The molecule has 0 saturated heterocycles. The first kappa shape index (κ1) is 16.2. The highest BCUT2D eigenvalue weighted by Crippen LogP contribution is 2.30. The predicted molar refractivity (Wildman–Crippen MR) is 89.6 cm³/mol. The van der Waals surface area contributed by atoms with Crippen LogP contribution < -0.4 is 10.1 Å². The molecule has 2 nitrogen and oxygen atoms in total. The van der Waals surface area contributed by atoms with Gasteiger partial charge in [0.2, 0.25) is 0 Å². The normalized spacial score (nSPS) is 12.2. The average Bonchev–Trinajstić information content (AvgIpc) is 2.47. The second-order valence-electron chi connectivity index (χ2n) is 4.79. The lowest BCUT2D eigenvalue weighted by molar-refractivity contribution is 0.405. The van der Waals surface area contributed by atoms with Gasteiger partial charge in [0, 0.05) is 16.1 Å². The molecule has 1 unspecified atom stereocenters. The van der Waals surface area contributed by atoms with Crippen LogP contribution in [-0.2, 0) is 6.42 Å². The van der Waals surface area contributed by atoms with Gasteiger partial charge in [0.25, 0.3) is 0 Å². The van der Waals surface area contributed by atoms with E-state index < -0.39 is 0 Å². The van der Waals surface area contributed by atoms with E-state index in [0.717, 1.165) is 29.8 Å². The molecule has 1 N–H and O–H groups in total. The highest BCUT2D eigenvalue weighted by molar-refractivity contribution is 6.35. The topological polar surface area (TPSA) is 21.3 Å². The SMILES string of the molecule is CCNC(Cc1ccccc1OC)c1ccc(Cl)cc1Cl. The molecule has 21 heavy (non-hydrogen) atoms. The van der Waals surface area contributed by atoms with Gasteiger partial charge < -0.3 is 10.1 Å². The lowest BCUT2D eigenvalue weighted by Crippen LogP contribution is -2.23. The molecular weight excluding hydrogens is 305 g/mol. The molecule has 2 aromatic rings. The summed E-state index contributed by atoms with van der Waals surface area (Å²) in [5, 5.41) is 4.81. The number of benzene rings is 2. The Morgan fingerprint density at radius 3 is 2.57 bits per heavy atom. The Morgan fingerprint density at radius 2 is 1.90 bits per heavy atom. The van der Waals surface area contributed by atoms with Crippen molar-refractivity contribution in [3.8, 4) is 5.75 Å². The molecule has 0 saturated carbocycles. The monoisotopic (exact) mass is 323 g/mol. The van der Waals surface area contributed by atoms with E-state index in [1.54, 1.807) is 13.2 Å². The van der Waals surface area contributed by atoms with Crippen LogP contribution in [0.25, 0.3) is 0 Å². The predicted octanol–water partition coefficient (Wildman–Crippen LogP) is 4.90. The first-order valence-electron chi connectivity index (χ1n) is 6.96. The molecule has 0 heterocycles. The number of methoxy groups -OCH3 is 1. The van der Waals surface area contributed by atoms with Gasteiger partial charge in [0.15, 0.2) is 0 Å². The highest BCUT2D eigenvalue weighted by atomic mass is 35.5. The van der Waals surface area contributed by atoms with Gasteiger partial charge in [-0.05, 0) is 42.3 Å².